The summed E-state index contributed by atoms with van der Waals surface area (Å²) in [5, 5.41) is 18.4. The molecule has 0 unspecified atom stereocenters. The van der Waals surface area contributed by atoms with Crippen LogP contribution < -0.4 is 16.0 Å². The van der Waals surface area contributed by atoms with Crippen LogP contribution in [0.5, 0.6) is 5.75 Å². The average molecular weight is 412 g/mol. The largest absolute Gasteiger partial charge is 0.508 e. The fourth-order valence-electron chi connectivity index (χ4n) is 3.50. The second kappa shape index (κ2) is 11.4. The van der Waals surface area contributed by atoms with Crippen molar-refractivity contribution in [3.05, 3.63) is 64.7 Å². The van der Waals surface area contributed by atoms with Gasteiger partial charge < -0.3 is 21.1 Å². The summed E-state index contributed by atoms with van der Waals surface area (Å²) in [5.41, 5.74) is 4.12. The van der Waals surface area contributed by atoms with Crippen molar-refractivity contribution in [3.8, 4) is 5.75 Å². The number of rotatable bonds is 10. The van der Waals surface area contributed by atoms with Crippen molar-refractivity contribution in [2.75, 3.05) is 13.6 Å². The third kappa shape index (κ3) is 6.88. The van der Waals surface area contributed by atoms with E-state index in [4.69, 9.17) is 0 Å². The molecule has 0 aromatic heterocycles. The highest BCUT2D eigenvalue weighted by Gasteiger charge is 2.23. The first-order valence-corrected chi connectivity index (χ1v) is 10.4. The van der Waals surface area contributed by atoms with E-state index in [1.54, 1.807) is 26.1 Å². The first-order valence-electron chi connectivity index (χ1n) is 10.4. The van der Waals surface area contributed by atoms with Gasteiger partial charge in [0.15, 0.2) is 0 Å². The maximum absolute atomic E-state index is 12.7. The molecule has 2 aromatic carbocycles. The summed E-state index contributed by atoms with van der Waals surface area (Å²) in [7, 11) is 1.73. The zero-order valence-electron chi connectivity index (χ0n) is 18.3. The van der Waals surface area contributed by atoms with Gasteiger partial charge in [0.1, 0.15) is 11.8 Å². The summed E-state index contributed by atoms with van der Waals surface area (Å²) in [6.07, 6.45) is 2.22. The van der Waals surface area contributed by atoms with Crippen LogP contribution in [-0.2, 0) is 22.4 Å². The van der Waals surface area contributed by atoms with Crippen molar-refractivity contribution in [1.82, 2.24) is 16.0 Å². The SMILES string of the molecule is CN[C@@H](Cc1c(C)cc(O)cc1C)C(=O)N[C@H](C)C(=O)NCCCc1ccccc1. The number of likely N-dealkylation sites (N-methyl/N-ethyl adjacent to an activating group) is 1. The quantitative estimate of drug-likeness (QED) is 0.452. The number of hydrogen-bond donors (Lipinski definition) is 4. The van der Waals surface area contributed by atoms with Crippen molar-refractivity contribution >= 4 is 11.8 Å². The highest BCUT2D eigenvalue weighted by molar-refractivity contribution is 5.89. The van der Waals surface area contributed by atoms with E-state index in [9.17, 15) is 14.7 Å². The number of hydrogen-bond acceptors (Lipinski definition) is 4. The number of aryl methyl sites for hydroxylation is 3. The predicted molar refractivity (Wildman–Crippen MR) is 120 cm³/mol. The average Bonchev–Trinajstić information content (AvgIpc) is 2.71. The zero-order chi connectivity index (χ0) is 22.1. The van der Waals surface area contributed by atoms with Gasteiger partial charge in [-0.15, -0.1) is 0 Å². The van der Waals surface area contributed by atoms with Crippen LogP contribution >= 0.6 is 0 Å². The number of nitrogens with one attached hydrogen (secondary N) is 3. The summed E-state index contributed by atoms with van der Waals surface area (Å²) in [4.78, 5) is 25.0. The van der Waals surface area contributed by atoms with E-state index in [-0.39, 0.29) is 17.6 Å². The zero-order valence-corrected chi connectivity index (χ0v) is 18.3. The van der Waals surface area contributed by atoms with E-state index in [1.807, 2.05) is 32.0 Å². The second-order valence-corrected chi connectivity index (χ2v) is 7.71. The van der Waals surface area contributed by atoms with Crippen molar-refractivity contribution in [2.45, 2.75) is 52.1 Å². The number of carbonyl (C=O) groups excluding carboxylic acids is 2. The summed E-state index contributed by atoms with van der Waals surface area (Å²) < 4.78 is 0. The lowest BCUT2D eigenvalue weighted by molar-refractivity contribution is -0.129. The Morgan fingerprint density at radius 3 is 2.27 bits per heavy atom. The van der Waals surface area contributed by atoms with Gasteiger partial charge in [-0.25, -0.2) is 0 Å². The predicted octanol–water partition coefficient (Wildman–Crippen LogP) is 2.39. The Morgan fingerprint density at radius 2 is 1.67 bits per heavy atom. The molecular formula is C24H33N3O3. The molecule has 0 saturated heterocycles. The van der Waals surface area contributed by atoms with Crippen molar-refractivity contribution in [3.63, 3.8) is 0 Å². The maximum atomic E-state index is 12.7. The van der Waals surface area contributed by atoms with Crippen LogP contribution in [0.2, 0.25) is 0 Å². The Kier molecular flexibility index (Phi) is 8.87. The monoisotopic (exact) mass is 411 g/mol. The van der Waals surface area contributed by atoms with Crippen LogP contribution in [0.25, 0.3) is 0 Å². The van der Waals surface area contributed by atoms with E-state index >= 15 is 0 Å². The second-order valence-electron chi connectivity index (χ2n) is 7.71. The number of phenolic OH excluding ortho intramolecular Hbond substituents is 1. The minimum Gasteiger partial charge on any atom is -0.508 e. The Balaban J connectivity index is 1.83. The molecule has 0 aliphatic carbocycles. The molecule has 0 aliphatic rings. The van der Waals surface area contributed by atoms with Crippen LogP contribution in [0.1, 0.15) is 35.6 Å². The highest BCUT2D eigenvalue weighted by Crippen LogP contribution is 2.22. The third-order valence-corrected chi connectivity index (χ3v) is 5.29. The number of benzene rings is 2. The molecule has 0 saturated carbocycles. The van der Waals surface area contributed by atoms with Gasteiger partial charge in [-0.2, -0.15) is 0 Å². The van der Waals surface area contributed by atoms with E-state index in [0.29, 0.717) is 13.0 Å². The molecule has 2 aromatic rings. The van der Waals surface area contributed by atoms with Gasteiger partial charge in [-0.1, -0.05) is 30.3 Å². The van der Waals surface area contributed by atoms with Gasteiger partial charge in [0.05, 0.1) is 6.04 Å². The lowest BCUT2D eigenvalue weighted by Gasteiger charge is -2.21. The Bertz CT molecular complexity index is 829. The molecule has 6 heteroatoms. The van der Waals surface area contributed by atoms with Crippen LogP contribution in [-0.4, -0.2) is 42.6 Å². The molecule has 2 amide bonds. The lowest BCUT2D eigenvalue weighted by atomic mass is 9.95. The van der Waals surface area contributed by atoms with Crippen molar-refractivity contribution < 1.29 is 14.7 Å². The van der Waals surface area contributed by atoms with E-state index in [1.165, 1.54) is 5.56 Å². The number of aromatic hydroxyl groups is 1. The summed E-state index contributed by atoms with van der Waals surface area (Å²) >= 11 is 0. The Hall–Kier alpha value is -2.86. The molecule has 0 aliphatic heterocycles. The number of carbonyl (C=O) groups is 2. The molecule has 4 N–H and O–H groups in total. The van der Waals surface area contributed by atoms with Gasteiger partial charge >= 0.3 is 0 Å². The molecule has 2 rings (SSSR count). The molecule has 2 atom stereocenters. The van der Waals surface area contributed by atoms with Crippen LogP contribution in [0.15, 0.2) is 42.5 Å². The standard InChI is InChI=1S/C24H33N3O3/c1-16-13-20(28)14-17(2)21(16)15-22(25-4)24(30)27-18(3)23(29)26-12-8-11-19-9-6-5-7-10-19/h5-7,9-10,13-14,18,22,25,28H,8,11-12,15H2,1-4H3,(H,26,29)(H,27,30)/t18-,22+/m1/s1. The topological polar surface area (TPSA) is 90.5 Å². The smallest absolute Gasteiger partial charge is 0.242 e. The normalized spacial score (nSPS) is 12.8. The van der Waals surface area contributed by atoms with E-state index in [0.717, 1.165) is 29.5 Å². The number of amides is 2. The van der Waals surface area contributed by atoms with Crippen LogP contribution in [0.3, 0.4) is 0 Å². The maximum Gasteiger partial charge on any atom is 0.242 e. The number of phenols is 1. The highest BCUT2D eigenvalue weighted by atomic mass is 16.3. The minimum atomic E-state index is -0.618. The van der Waals surface area contributed by atoms with Crippen molar-refractivity contribution in [1.29, 1.82) is 0 Å². The van der Waals surface area contributed by atoms with Crippen LogP contribution in [0, 0.1) is 13.8 Å². The van der Waals surface area contributed by atoms with Gasteiger partial charge in [0, 0.05) is 6.54 Å². The molecule has 0 bridgehead atoms. The van der Waals surface area contributed by atoms with E-state index < -0.39 is 12.1 Å². The fraction of sp³-hybridized carbons (Fsp3) is 0.417. The molecule has 30 heavy (non-hydrogen) atoms. The molecule has 0 radical (unpaired) electrons. The first-order chi connectivity index (χ1) is 14.3. The minimum absolute atomic E-state index is 0.191. The molecular weight excluding hydrogens is 378 g/mol. The molecule has 6 nitrogen and oxygen atoms in total. The molecule has 162 valence electrons. The first kappa shape index (κ1) is 23.4. The summed E-state index contributed by atoms with van der Waals surface area (Å²) in [6, 6.07) is 12.4. The Morgan fingerprint density at radius 1 is 1.03 bits per heavy atom. The van der Waals surface area contributed by atoms with E-state index in [2.05, 4.69) is 28.1 Å². The Labute approximate surface area is 179 Å². The fourth-order valence-corrected chi connectivity index (χ4v) is 3.50. The van der Waals surface area contributed by atoms with Gasteiger partial charge in [0.2, 0.25) is 11.8 Å². The summed E-state index contributed by atoms with van der Waals surface area (Å²) in [5.74, 6) is -0.198. The van der Waals surface area contributed by atoms with Gasteiger partial charge in [0.25, 0.3) is 0 Å². The van der Waals surface area contributed by atoms with Crippen LogP contribution in [0.4, 0.5) is 0 Å². The third-order valence-electron chi connectivity index (χ3n) is 5.29. The summed E-state index contributed by atoms with van der Waals surface area (Å²) in [6.45, 7) is 6.08. The molecule has 0 spiro atoms. The molecule has 0 heterocycles. The van der Waals surface area contributed by atoms with Crippen molar-refractivity contribution in [2.24, 2.45) is 0 Å². The molecule has 0 fully saturated rings. The van der Waals surface area contributed by atoms with Gasteiger partial charge in [-0.3, -0.25) is 9.59 Å². The van der Waals surface area contributed by atoms with Gasteiger partial charge in [-0.05, 0) is 81.5 Å². The lowest BCUT2D eigenvalue weighted by Crippen LogP contribution is -2.51.